The molecule has 4 heteroatoms. The molecule has 2 heterocycles. The monoisotopic (exact) mass is 259 g/mol. The van der Waals surface area contributed by atoms with Crippen molar-refractivity contribution in [3.8, 4) is 0 Å². The Morgan fingerprint density at radius 1 is 1.21 bits per heavy atom. The van der Waals surface area contributed by atoms with Gasteiger partial charge in [0.05, 0.1) is 5.54 Å². The van der Waals surface area contributed by atoms with Crippen molar-refractivity contribution in [1.29, 1.82) is 0 Å². The minimum Gasteiger partial charge on any atom is -0.330 e. The van der Waals surface area contributed by atoms with Crippen molar-refractivity contribution in [2.24, 2.45) is 0 Å². The third kappa shape index (κ3) is 2.37. The first kappa shape index (κ1) is 12.6. The van der Waals surface area contributed by atoms with Crippen LogP contribution >= 0.6 is 0 Å². The molecule has 4 nitrogen and oxygen atoms in total. The van der Waals surface area contributed by atoms with Gasteiger partial charge in [-0.15, -0.1) is 0 Å². The van der Waals surface area contributed by atoms with E-state index >= 15 is 0 Å². The summed E-state index contributed by atoms with van der Waals surface area (Å²) in [6, 6.07) is 3.64. The van der Waals surface area contributed by atoms with Crippen LogP contribution in [0.5, 0.6) is 0 Å². The van der Waals surface area contributed by atoms with Crippen molar-refractivity contribution in [2.75, 3.05) is 19.6 Å². The van der Waals surface area contributed by atoms with E-state index in [1.807, 2.05) is 12.1 Å². The first-order valence-corrected chi connectivity index (χ1v) is 7.25. The van der Waals surface area contributed by atoms with Gasteiger partial charge in [-0.25, -0.2) is 0 Å². The van der Waals surface area contributed by atoms with Gasteiger partial charge in [0.25, 0.3) is 5.91 Å². The highest BCUT2D eigenvalue weighted by molar-refractivity contribution is 5.94. The quantitative estimate of drug-likeness (QED) is 0.837. The Balaban J connectivity index is 1.86. The molecule has 1 aromatic rings. The highest BCUT2D eigenvalue weighted by Crippen LogP contribution is 2.35. The van der Waals surface area contributed by atoms with Crippen molar-refractivity contribution in [3.05, 3.63) is 30.1 Å². The molecule has 1 aliphatic carbocycles. The van der Waals surface area contributed by atoms with Gasteiger partial charge < -0.3 is 10.2 Å². The second-order valence-electron chi connectivity index (χ2n) is 5.65. The summed E-state index contributed by atoms with van der Waals surface area (Å²) in [7, 11) is 0. The third-order valence-corrected chi connectivity index (χ3v) is 4.50. The molecule has 1 saturated heterocycles. The molecule has 2 aliphatic rings. The first-order valence-electron chi connectivity index (χ1n) is 7.25. The fourth-order valence-corrected chi connectivity index (χ4v) is 3.47. The van der Waals surface area contributed by atoms with Crippen LogP contribution in [0.1, 0.15) is 42.5 Å². The number of nitrogens with zero attached hydrogens (tertiary/aromatic N) is 2. The predicted octanol–water partition coefficient (Wildman–Crippen LogP) is 1.83. The van der Waals surface area contributed by atoms with Gasteiger partial charge >= 0.3 is 0 Å². The van der Waals surface area contributed by atoms with Gasteiger partial charge in [-0.05, 0) is 25.0 Å². The lowest BCUT2D eigenvalue weighted by molar-refractivity contribution is 0.0222. The normalized spacial score (nSPS) is 22.4. The Morgan fingerprint density at radius 3 is 2.68 bits per heavy atom. The molecule has 1 saturated carbocycles. The Bertz CT molecular complexity index is 432. The van der Waals surface area contributed by atoms with E-state index in [-0.39, 0.29) is 11.4 Å². The van der Waals surface area contributed by atoms with Gasteiger partial charge in [0, 0.05) is 37.6 Å². The summed E-state index contributed by atoms with van der Waals surface area (Å²) in [5, 5.41) is 3.48. The van der Waals surface area contributed by atoms with Gasteiger partial charge in [0.1, 0.15) is 0 Å². The summed E-state index contributed by atoms with van der Waals surface area (Å²) in [5.74, 6) is 0.172. The molecule has 19 heavy (non-hydrogen) atoms. The number of piperazine rings is 1. The molecule has 0 atom stereocenters. The van der Waals surface area contributed by atoms with E-state index in [0.717, 1.165) is 38.0 Å². The van der Waals surface area contributed by atoms with E-state index in [0.29, 0.717) is 0 Å². The number of rotatable bonds is 1. The smallest absolute Gasteiger partial charge is 0.254 e. The van der Waals surface area contributed by atoms with Crippen LogP contribution in [-0.4, -0.2) is 41.0 Å². The number of amides is 1. The van der Waals surface area contributed by atoms with E-state index in [9.17, 15) is 4.79 Å². The lowest BCUT2D eigenvalue weighted by Gasteiger charge is -2.49. The average molecular weight is 259 g/mol. The maximum atomic E-state index is 12.7. The number of aromatic nitrogens is 1. The Labute approximate surface area is 114 Å². The molecular weight excluding hydrogens is 238 g/mol. The van der Waals surface area contributed by atoms with Crippen LogP contribution in [0.3, 0.4) is 0 Å². The van der Waals surface area contributed by atoms with Crippen molar-refractivity contribution >= 4 is 5.91 Å². The van der Waals surface area contributed by atoms with E-state index in [2.05, 4.69) is 15.2 Å². The molecule has 1 spiro atoms. The molecule has 102 valence electrons. The van der Waals surface area contributed by atoms with E-state index in [4.69, 9.17) is 0 Å². The molecule has 1 aliphatic heterocycles. The molecule has 0 radical (unpaired) electrons. The topological polar surface area (TPSA) is 45.2 Å². The van der Waals surface area contributed by atoms with Gasteiger partial charge in [-0.2, -0.15) is 0 Å². The maximum Gasteiger partial charge on any atom is 0.254 e. The fourth-order valence-electron chi connectivity index (χ4n) is 3.47. The summed E-state index contributed by atoms with van der Waals surface area (Å²) in [6.45, 7) is 2.67. The number of carbonyl (C=O) groups is 1. The Kier molecular flexibility index (Phi) is 3.51. The molecule has 1 aromatic heterocycles. The van der Waals surface area contributed by atoms with Crippen molar-refractivity contribution in [1.82, 2.24) is 15.2 Å². The molecule has 1 amide bonds. The summed E-state index contributed by atoms with van der Waals surface area (Å²) in [6.07, 6.45) is 9.45. The molecule has 0 bridgehead atoms. The first-order chi connectivity index (χ1) is 9.32. The minimum absolute atomic E-state index is 0.0524. The molecular formula is C15H21N3O. The average Bonchev–Trinajstić information content (AvgIpc) is 2.49. The zero-order valence-corrected chi connectivity index (χ0v) is 11.3. The molecule has 0 unspecified atom stereocenters. The van der Waals surface area contributed by atoms with E-state index in [1.54, 1.807) is 12.4 Å². The summed E-state index contributed by atoms with van der Waals surface area (Å²) in [5.41, 5.74) is 0.818. The number of carbonyl (C=O) groups excluding carboxylic acids is 1. The summed E-state index contributed by atoms with van der Waals surface area (Å²) >= 11 is 0. The van der Waals surface area contributed by atoms with Crippen LogP contribution in [0.25, 0.3) is 0 Å². The van der Waals surface area contributed by atoms with Gasteiger partial charge in [0.15, 0.2) is 0 Å². The summed E-state index contributed by atoms with van der Waals surface area (Å²) in [4.78, 5) is 18.9. The number of hydrogen-bond acceptors (Lipinski definition) is 3. The van der Waals surface area contributed by atoms with Crippen LogP contribution in [0.4, 0.5) is 0 Å². The van der Waals surface area contributed by atoms with Crippen LogP contribution in [0, 0.1) is 0 Å². The second-order valence-corrected chi connectivity index (χ2v) is 5.65. The predicted molar refractivity (Wildman–Crippen MR) is 74.0 cm³/mol. The van der Waals surface area contributed by atoms with Gasteiger partial charge in [0.2, 0.25) is 0 Å². The van der Waals surface area contributed by atoms with Crippen LogP contribution in [-0.2, 0) is 0 Å². The number of pyridine rings is 1. The highest BCUT2D eigenvalue weighted by atomic mass is 16.2. The molecule has 2 fully saturated rings. The van der Waals surface area contributed by atoms with Crippen LogP contribution in [0.15, 0.2) is 24.5 Å². The minimum atomic E-state index is 0.0524. The van der Waals surface area contributed by atoms with Crippen molar-refractivity contribution in [2.45, 2.75) is 37.6 Å². The molecule has 1 N–H and O–H groups in total. The standard InChI is InChI=1S/C15H21N3O/c19-14(13-4-8-16-9-5-13)18-11-10-17-12-15(18)6-2-1-3-7-15/h4-5,8-9,17H,1-3,6-7,10-12H2. The van der Waals surface area contributed by atoms with E-state index < -0.39 is 0 Å². The SMILES string of the molecule is O=C(c1ccncc1)N1CCNCC12CCCCC2. The van der Waals surface area contributed by atoms with E-state index in [1.165, 1.54) is 19.3 Å². The van der Waals surface area contributed by atoms with Crippen molar-refractivity contribution in [3.63, 3.8) is 0 Å². The largest absolute Gasteiger partial charge is 0.330 e. The Morgan fingerprint density at radius 2 is 1.95 bits per heavy atom. The zero-order valence-electron chi connectivity index (χ0n) is 11.3. The Hall–Kier alpha value is -1.42. The number of nitrogens with one attached hydrogen (secondary N) is 1. The zero-order chi connectivity index (χ0) is 13.1. The number of hydrogen-bond donors (Lipinski definition) is 1. The molecule has 0 aromatic carbocycles. The van der Waals surface area contributed by atoms with Crippen LogP contribution in [0.2, 0.25) is 0 Å². The lowest BCUT2D eigenvalue weighted by Crippen LogP contribution is -2.63. The van der Waals surface area contributed by atoms with Gasteiger partial charge in [-0.1, -0.05) is 19.3 Å². The molecule has 3 rings (SSSR count). The van der Waals surface area contributed by atoms with Crippen molar-refractivity contribution < 1.29 is 4.79 Å². The highest BCUT2D eigenvalue weighted by Gasteiger charge is 2.42. The maximum absolute atomic E-state index is 12.7. The summed E-state index contributed by atoms with van der Waals surface area (Å²) < 4.78 is 0. The fraction of sp³-hybridized carbons (Fsp3) is 0.600. The lowest BCUT2D eigenvalue weighted by atomic mass is 9.78. The second kappa shape index (κ2) is 5.29. The van der Waals surface area contributed by atoms with Crippen LogP contribution < -0.4 is 5.32 Å². The van der Waals surface area contributed by atoms with Gasteiger partial charge in [-0.3, -0.25) is 9.78 Å². The third-order valence-electron chi connectivity index (χ3n) is 4.50.